The molecule has 0 aromatic rings. The van der Waals surface area contributed by atoms with Crippen molar-refractivity contribution in [2.75, 3.05) is 14.2 Å². The van der Waals surface area contributed by atoms with Gasteiger partial charge in [-0.1, -0.05) is 47.6 Å². The second kappa shape index (κ2) is 3.85. The van der Waals surface area contributed by atoms with Crippen LogP contribution in [0.3, 0.4) is 0 Å². The van der Waals surface area contributed by atoms with Crippen molar-refractivity contribution < 1.29 is 9.53 Å². The molecular weight excluding hydrogens is 238 g/mol. The minimum Gasteiger partial charge on any atom is -0.466 e. The highest BCUT2D eigenvalue weighted by molar-refractivity contribution is 5.90. The van der Waals surface area contributed by atoms with Crippen molar-refractivity contribution >= 4 is 5.97 Å². The lowest BCUT2D eigenvalue weighted by Gasteiger charge is -2.45. The van der Waals surface area contributed by atoms with Gasteiger partial charge in [0.15, 0.2) is 0 Å². The number of carbonyl (C=O) groups excluding carboxylic acids is 1. The third-order valence-electron chi connectivity index (χ3n) is 5.79. The molecule has 3 heteroatoms. The van der Waals surface area contributed by atoms with Gasteiger partial charge in [-0.15, -0.1) is 0 Å². The van der Waals surface area contributed by atoms with E-state index in [1.807, 2.05) is 0 Å². The Morgan fingerprint density at radius 1 is 1.16 bits per heavy atom. The molecule has 2 aliphatic rings. The monoisotopic (exact) mass is 265 g/mol. The molecule has 0 aliphatic carbocycles. The van der Waals surface area contributed by atoms with Crippen LogP contribution >= 0.6 is 0 Å². The predicted molar refractivity (Wildman–Crippen MR) is 76.8 cm³/mol. The summed E-state index contributed by atoms with van der Waals surface area (Å²) in [6.45, 7) is 13.6. The number of hydrogen-bond acceptors (Lipinski definition) is 3. The van der Waals surface area contributed by atoms with Crippen LogP contribution in [-0.2, 0) is 9.53 Å². The van der Waals surface area contributed by atoms with E-state index in [4.69, 9.17) is 4.74 Å². The number of methoxy groups -OCH3 is 1. The van der Waals surface area contributed by atoms with E-state index in [2.05, 4.69) is 59.6 Å². The molecule has 0 N–H and O–H groups in total. The van der Waals surface area contributed by atoms with E-state index in [0.717, 1.165) is 5.57 Å². The molecule has 2 unspecified atom stereocenters. The highest BCUT2D eigenvalue weighted by Gasteiger charge is 2.65. The first-order valence-corrected chi connectivity index (χ1v) is 7.01. The number of esters is 1. The quantitative estimate of drug-likeness (QED) is 0.683. The molecular formula is C16H27NO2. The van der Waals surface area contributed by atoms with Gasteiger partial charge in [0.25, 0.3) is 0 Å². The van der Waals surface area contributed by atoms with Crippen molar-refractivity contribution in [3.63, 3.8) is 0 Å². The SMILES string of the molecule is COC(=O)C1=CC(C)(C)C2N(C)C1C(C)(C)C2(C)C. The first-order chi connectivity index (χ1) is 8.48. The average molecular weight is 265 g/mol. The van der Waals surface area contributed by atoms with Crippen molar-refractivity contribution in [1.82, 2.24) is 4.90 Å². The van der Waals surface area contributed by atoms with E-state index < -0.39 is 0 Å². The average Bonchev–Trinajstić information content (AvgIpc) is 2.34. The van der Waals surface area contributed by atoms with Gasteiger partial charge >= 0.3 is 5.97 Å². The van der Waals surface area contributed by atoms with Gasteiger partial charge in [0, 0.05) is 12.1 Å². The van der Waals surface area contributed by atoms with Crippen LogP contribution in [0, 0.1) is 16.2 Å². The van der Waals surface area contributed by atoms with Crippen molar-refractivity contribution in [3.8, 4) is 0 Å². The highest BCUT2D eigenvalue weighted by atomic mass is 16.5. The molecule has 0 spiro atoms. The Morgan fingerprint density at radius 3 is 2.16 bits per heavy atom. The first kappa shape index (κ1) is 14.6. The van der Waals surface area contributed by atoms with E-state index in [1.54, 1.807) is 0 Å². The summed E-state index contributed by atoms with van der Waals surface area (Å²) in [5, 5.41) is 0. The Labute approximate surface area is 117 Å². The molecule has 0 amide bonds. The summed E-state index contributed by atoms with van der Waals surface area (Å²) in [7, 11) is 3.61. The first-order valence-electron chi connectivity index (χ1n) is 7.01. The molecule has 0 aromatic carbocycles. The Hall–Kier alpha value is -0.830. The number of hydrogen-bond donors (Lipinski definition) is 0. The lowest BCUT2D eigenvalue weighted by molar-refractivity contribution is -0.137. The van der Waals surface area contributed by atoms with Crippen LogP contribution in [-0.4, -0.2) is 37.1 Å². The Kier molecular flexibility index (Phi) is 2.95. The summed E-state index contributed by atoms with van der Waals surface area (Å²) in [4.78, 5) is 14.6. The predicted octanol–water partition coefficient (Wildman–Crippen LogP) is 2.86. The molecule has 0 radical (unpaired) electrons. The number of likely N-dealkylation sites (N-methyl/N-ethyl adjacent to an activating group) is 1. The summed E-state index contributed by atoms with van der Waals surface area (Å²) < 4.78 is 5.01. The summed E-state index contributed by atoms with van der Waals surface area (Å²) >= 11 is 0. The largest absolute Gasteiger partial charge is 0.466 e. The summed E-state index contributed by atoms with van der Waals surface area (Å²) in [5.41, 5.74) is 0.941. The molecule has 2 heterocycles. The Morgan fingerprint density at radius 2 is 1.68 bits per heavy atom. The van der Waals surface area contributed by atoms with Crippen LogP contribution < -0.4 is 0 Å². The maximum atomic E-state index is 12.2. The topological polar surface area (TPSA) is 29.5 Å². The molecule has 0 aromatic heterocycles. The molecule has 1 saturated heterocycles. The molecule has 2 rings (SSSR count). The third kappa shape index (κ3) is 1.63. The van der Waals surface area contributed by atoms with Gasteiger partial charge in [0.2, 0.25) is 0 Å². The van der Waals surface area contributed by atoms with Gasteiger partial charge in [0.1, 0.15) is 0 Å². The van der Waals surface area contributed by atoms with Gasteiger partial charge in [-0.3, -0.25) is 4.90 Å². The summed E-state index contributed by atoms with van der Waals surface area (Å²) in [5.74, 6) is -0.186. The molecule has 0 saturated carbocycles. The third-order valence-corrected chi connectivity index (χ3v) is 5.79. The van der Waals surface area contributed by atoms with Crippen LogP contribution in [0.25, 0.3) is 0 Å². The molecule has 3 nitrogen and oxygen atoms in total. The van der Waals surface area contributed by atoms with Gasteiger partial charge < -0.3 is 4.74 Å². The van der Waals surface area contributed by atoms with E-state index >= 15 is 0 Å². The number of ether oxygens (including phenoxy) is 1. The Balaban J connectivity index is 2.65. The van der Waals surface area contributed by atoms with Crippen LogP contribution in [0.1, 0.15) is 41.5 Å². The van der Waals surface area contributed by atoms with E-state index in [0.29, 0.717) is 6.04 Å². The molecule has 1 fully saturated rings. The second-order valence-corrected chi connectivity index (χ2v) is 7.83. The standard InChI is InChI=1S/C16H27NO2/c1-14(2)9-10(12(18)19-8)11-15(3,4)16(5,6)13(14)17(11)7/h9,11,13H,1-8H3. The van der Waals surface area contributed by atoms with Crippen LogP contribution in [0.4, 0.5) is 0 Å². The summed E-state index contributed by atoms with van der Waals surface area (Å²) in [6.07, 6.45) is 2.14. The van der Waals surface area contributed by atoms with Crippen LogP contribution in [0.5, 0.6) is 0 Å². The van der Waals surface area contributed by atoms with Crippen molar-refractivity contribution in [1.29, 1.82) is 0 Å². The maximum absolute atomic E-state index is 12.2. The van der Waals surface area contributed by atoms with Crippen molar-refractivity contribution in [2.24, 2.45) is 16.2 Å². The molecule has 2 bridgehead atoms. The fraction of sp³-hybridized carbons (Fsp3) is 0.812. The molecule has 19 heavy (non-hydrogen) atoms. The zero-order chi connectivity index (χ0) is 14.8. The fourth-order valence-corrected chi connectivity index (χ4v) is 4.78. The molecule has 2 atom stereocenters. The summed E-state index contributed by atoms with van der Waals surface area (Å²) in [6, 6.07) is 0.557. The fourth-order valence-electron chi connectivity index (χ4n) is 4.78. The van der Waals surface area contributed by atoms with Crippen molar-refractivity contribution in [2.45, 2.75) is 53.6 Å². The lowest BCUT2D eigenvalue weighted by atomic mass is 9.61. The Bertz CT molecular complexity index is 446. The van der Waals surface area contributed by atoms with Crippen LogP contribution in [0.15, 0.2) is 11.6 Å². The zero-order valence-electron chi connectivity index (χ0n) is 13.5. The number of rotatable bonds is 1. The van der Waals surface area contributed by atoms with E-state index in [9.17, 15) is 4.79 Å². The normalized spacial score (nSPS) is 34.8. The number of fused-ring (bicyclic) bond motifs is 2. The number of carbonyl (C=O) groups is 1. The zero-order valence-corrected chi connectivity index (χ0v) is 13.5. The van der Waals surface area contributed by atoms with E-state index in [1.165, 1.54) is 7.11 Å². The van der Waals surface area contributed by atoms with Gasteiger partial charge in [-0.25, -0.2) is 4.79 Å². The highest BCUT2D eigenvalue weighted by Crippen LogP contribution is 2.62. The van der Waals surface area contributed by atoms with E-state index in [-0.39, 0.29) is 28.3 Å². The minimum absolute atomic E-state index is 0.0280. The smallest absolute Gasteiger partial charge is 0.335 e. The molecule has 108 valence electrons. The number of nitrogens with zero attached hydrogens (tertiary/aromatic N) is 1. The minimum atomic E-state index is -0.186. The van der Waals surface area contributed by atoms with Crippen molar-refractivity contribution in [3.05, 3.63) is 11.6 Å². The van der Waals surface area contributed by atoms with Crippen LogP contribution in [0.2, 0.25) is 0 Å². The maximum Gasteiger partial charge on any atom is 0.335 e. The second-order valence-electron chi connectivity index (χ2n) is 7.83. The van der Waals surface area contributed by atoms with Gasteiger partial charge in [-0.2, -0.15) is 0 Å². The molecule has 2 aliphatic heterocycles. The van der Waals surface area contributed by atoms with Gasteiger partial charge in [-0.05, 0) is 23.3 Å². The van der Waals surface area contributed by atoms with Gasteiger partial charge in [0.05, 0.1) is 12.7 Å². The lowest BCUT2D eigenvalue weighted by Crippen LogP contribution is -2.50.